The monoisotopic (exact) mass is 432 g/mol. The molecule has 2 heterocycles. The molecule has 0 aliphatic rings. The molecule has 31 heavy (non-hydrogen) atoms. The second-order valence-corrected chi connectivity index (χ2v) is 6.86. The first-order valence-electron chi connectivity index (χ1n) is 9.83. The number of amides is 1. The van der Waals surface area contributed by atoms with Crippen molar-refractivity contribution < 1.29 is 18.3 Å². The summed E-state index contributed by atoms with van der Waals surface area (Å²) in [4.78, 5) is 43.5. The Kier molecular flexibility index (Phi) is 6.78. The first-order valence-corrected chi connectivity index (χ1v) is 9.83. The highest BCUT2D eigenvalue weighted by Gasteiger charge is 2.20. The first-order chi connectivity index (χ1) is 14.8. The quantitative estimate of drug-likeness (QED) is 0.569. The van der Waals surface area contributed by atoms with Crippen LogP contribution in [0.3, 0.4) is 0 Å². The molecule has 1 amide bonds. The summed E-state index contributed by atoms with van der Waals surface area (Å²) in [7, 11) is 0. The van der Waals surface area contributed by atoms with Gasteiger partial charge in [0.25, 0.3) is 11.5 Å². The van der Waals surface area contributed by atoms with Gasteiger partial charge in [0.15, 0.2) is 0 Å². The third kappa shape index (κ3) is 4.79. The highest BCUT2D eigenvalue weighted by atomic mass is 19.3. The number of nitrogens with zero attached hydrogens (tertiary/aromatic N) is 2. The minimum Gasteiger partial charge on any atom is -0.434 e. The number of aromatic amines is 1. The molecular weight excluding hydrogens is 410 g/mol. The van der Waals surface area contributed by atoms with Crippen LogP contribution in [0.2, 0.25) is 0 Å². The number of alkyl halides is 2. The number of nitrogens with one attached hydrogen (secondary N) is 2. The van der Waals surface area contributed by atoms with E-state index in [0.29, 0.717) is 24.9 Å². The number of H-pyrrole nitrogens is 1. The molecule has 0 spiro atoms. The molecule has 0 bridgehead atoms. The second-order valence-electron chi connectivity index (χ2n) is 6.86. The van der Waals surface area contributed by atoms with Gasteiger partial charge in [0.2, 0.25) is 0 Å². The number of hydrogen-bond donors (Lipinski definition) is 2. The SMILES string of the molecule is CCCn1c(=O)[nH]c(=O)c2cc(C(=O)NC(CC)c3ccccc3OC(F)F)cnc21. The maximum atomic E-state index is 12.8. The molecule has 1 unspecified atom stereocenters. The van der Waals surface area contributed by atoms with Crippen LogP contribution in [0.4, 0.5) is 8.78 Å². The molecule has 0 saturated heterocycles. The van der Waals surface area contributed by atoms with Crippen LogP contribution in [-0.2, 0) is 6.54 Å². The zero-order chi connectivity index (χ0) is 22.5. The second kappa shape index (κ2) is 9.50. The van der Waals surface area contributed by atoms with E-state index in [4.69, 9.17) is 0 Å². The number of para-hydroxylation sites is 1. The van der Waals surface area contributed by atoms with E-state index in [1.165, 1.54) is 22.9 Å². The third-order valence-corrected chi connectivity index (χ3v) is 4.77. The van der Waals surface area contributed by atoms with Crippen LogP contribution in [0, 0.1) is 0 Å². The normalized spacial score (nSPS) is 12.2. The fraction of sp³-hybridized carbons (Fsp3) is 0.333. The Hall–Kier alpha value is -3.56. The number of aryl methyl sites for hydroxylation is 1. The van der Waals surface area contributed by atoms with Gasteiger partial charge in [-0.3, -0.25) is 19.1 Å². The minimum absolute atomic E-state index is 0.0266. The largest absolute Gasteiger partial charge is 0.434 e. The van der Waals surface area contributed by atoms with E-state index >= 15 is 0 Å². The van der Waals surface area contributed by atoms with Crippen molar-refractivity contribution in [1.82, 2.24) is 19.9 Å². The number of fused-ring (bicyclic) bond motifs is 1. The number of benzene rings is 1. The van der Waals surface area contributed by atoms with E-state index in [1.54, 1.807) is 25.1 Å². The Morgan fingerprint density at radius 1 is 1.26 bits per heavy atom. The number of hydrogen-bond acceptors (Lipinski definition) is 5. The molecule has 0 aliphatic heterocycles. The summed E-state index contributed by atoms with van der Waals surface area (Å²) in [5.74, 6) is -0.568. The van der Waals surface area contributed by atoms with Crippen molar-refractivity contribution in [2.75, 3.05) is 0 Å². The lowest BCUT2D eigenvalue weighted by Gasteiger charge is -2.20. The van der Waals surface area contributed by atoms with E-state index < -0.39 is 29.8 Å². The Morgan fingerprint density at radius 2 is 2.00 bits per heavy atom. The van der Waals surface area contributed by atoms with Crippen LogP contribution in [0.15, 0.2) is 46.1 Å². The fourth-order valence-electron chi connectivity index (χ4n) is 3.34. The molecule has 3 aromatic rings. The van der Waals surface area contributed by atoms with E-state index in [1.807, 2.05) is 6.92 Å². The minimum atomic E-state index is -2.99. The highest BCUT2D eigenvalue weighted by Crippen LogP contribution is 2.28. The van der Waals surface area contributed by atoms with Gasteiger partial charge in [0.1, 0.15) is 11.4 Å². The molecule has 0 saturated carbocycles. The molecule has 1 atom stereocenters. The smallest absolute Gasteiger partial charge is 0.387 e. The zero-order valence-corrected chi connectivity index (χ0v) is 17.0. The summed E-state index contributed by atoms with van der Waals surface area (Å²) in [5, 5.41) is 2.87. The lowest BCUT2D eigenvalue weighted by molar-refractivity contribution is -0.0506. The molecule has 2 N–H and O–H groups in total. The summed E-state index contributed by atoms with van der Waals surface area (Å²) in [6, 6.07) is 6.97. The van der Waals surface area contributed by atoms with Crippen molar-refractivity contribution in [3.05, 3.63) is 68.5 Å². The summed E-state index contributed by atoms with van der Waals surface area (Å²) in [6.45, 7) is 1.04. The predicted molar refractivity (Wildman–Crippen MR) is 110 cm³/mol. The van der Waals surface area contributed by atoms with Crippen molar-refractivity contribution in [1.29, 1.82) is 0 Å². The third-order valence-electron chi connectivity index (χ3n) is 4.77. The standard InChI is InChI=1S/C21H22F2N4O4/c1-3-9-27-17-14(19(29)26-21(27)30)10-12(11-24-17)18(28)25-15(4-2)13-7-5-6-8-16(13)31-20(22)23/h5-8,10-11,15,20H,3-4,9H2,1-2H3,(H,25,28)(H,26,29,30). The van der Waals surface area contributed by atoms with E-state index in [9.17, 15) is 23.2 Å². The lowest BCUT2D eigenvalue weighted by Crippen LogP contribution is -2.32. The van der Waals surface area contributed by atoms with Crippen molar-refractivity contribution in [3.8, 4) is 5.75 Å². The molecule has 1 aromatic carbocycles. The maximum absolute atomic E-state index is 12.8. The van der Waals surface area contributed by atoms with Gasteiger partial charge in [-0.1, -0.05) is 32.0 Å². The Labute approximate surface area is 175 Å². The summed E-state index contributed by atoms with van der Waals surface area (Å²) >= 11 is 0. The lowest BCUT2D eigenvalue weighted by atomic mass is 10.0. The van der Waals surface area contributed by atoms with Gasteiger partial charge >= 0.3 is 12.3 Å². The van der Waals surface area contributed by atoms with Crippen LogP contribution in [0.5, 0.6) is 5.75 Å². The van der Waals surface area contributed by atoms with Crippen LogP contribution in [0.25, 0.3) is 11.0 Å². The summed E-state index contributed by atoms with van der Waals surface area (Å²) < 4.78 is 31.3. The van der Waals surface area contributed by atoms with Crippen molar-refractivity contribution in [2.45, 2.75) is 45.9 Å². The Bertz CT molecular complexity index is 1210. The number of rotatable bonds is 8. The predicted octanol–water partition coefficient (Wildman–Crippen LogP) is 2.98. The molecule has 8 nitrogen and oxygen atoms in total. The van der Waals surface area contributed by atoms with Gasteiger partial charge in [-0.05, 0) is 25.0 Å². The number of carbonyl (C=O) groups excluding carboxylic acids is 1. The molecule has 0 fully saturated rings. The maximum Gasteiger partial charge on any atom is 0.387 e. The number of aromatic nitrogens is 3. The zero-order valence-electron chi connectivity index (χ0n) is 17.0. The average molecular weight is 432 g/mol. The number of carbonyl (C=O) groups is 1. The van der Waals surface area contributed by atoms with E-state index in [0.717, 1.165) is 0 Å². The molecule has 164 valence electrons. The molecule has 3 rings (SSSR count). The van der Waals surface area contributed by atoms with Gasteiger partial charge < -0.3 is 10.1 Å². The van der Waals surface area contributed by atoms with Gasteiger partial charge in [-0.2, -0.15) is 8.78 Å². The Balaban J connectivity index is 1.94. The molecular formula is C21H22F2N4O4. The Morgan fingerprint density at radius 3 is 2.68 bits per heavy atom. The summed E-state index contributed by atoms with van der Waals surface area (Å²) in [6.07, 6.45) is 2.34. The first kappa shape index (κ1) is 22.1. The molecule has 0 radical (unpaired) electrons. The van der Waals surface area contributed by atoms with Gasteiger partial charge in [-0.15, -0.1) is 0 Å². The van der Waals surface area contributed by atoms with Gasteiger partial charge in [-0.25, -0.2) is 9.78 Å². The van der Waals surface area contributed by atoms with Crippen LogP contribution < -0.4 is 21.3 Å². The molecule has 10 heteroatoms. The van der Waals surface area contributed by atoms with Gasteiger partial charge in [0, 0.05) is 18.3 Å². The number of pyridine rings is 1. The van der Waals surface area contributed by atoms with Crippen LogP contribution in [-0.4, -0.2) is 27.1 Å². The summed E-state index contributed by atoms with van der Waals surface area (Å²) in [5.41, 5.74) is -0.509. The number of ether oxygens (including phenoxy) is 1. The van der Waals surface area contributed by atoms with Crippen LogP contribution >= 0.6 is 0 Å². The topological polar surface area (TPSA) is 106 Å². The average Bonchev–Trinajstić information content (AvgIpc) is 2.74. The molecule has 0 aliphatic carbocycles. The van der Waals surface area contributed by atoms with E-state index in [-0.39, 0.29) is 22.3 Å². The van der Waals surface area contributed by atoms with Crippen molar-refractivity contribution >= 4 is 16.9 Å². The highest BCUT2D eigenvalue weighted by molar-refractivity contribution is 5.97. The molecule has 2 aromatic heterocycles. The van der Waals surface area contributed by atoms with E-state index in [2.05, 4.69) is 20.0 Å². The van der Waals surface area contributed by atoms with Crippen molar-refractivity contribution in [3.63, 3.8) is 0 Å². The fourth-order valence-corrected chi connectivity index (χ4v) is 3.34. The van der Waals surface area contributed by atoms with Crippen LogP contribution in [0.1, 0.15) is 48.7 Å². The van der Waals surface area contributed by atoms with Crippen molar-refractivity contribution in [2.24, 2.45) is 0 Å². The number of halogens is 2. The van der Waals surface area contributed by atoms with Gasteiger partial charge in [0.05, 0.1) is 17.0 Å².